The van der Waals surface area contributed by atoms with Gasteiger partial charge in [-0.25, -0.2) is 4.79 Å². The van der Waals surface area contributed by atoms with Crippen LogP contribution in [0.3, 0.4) is 0 Å². The Kier molecular flexibility index (Phi) is 3.54. The van der Waals surface area contributed by atoms with Gasteiger partial charge in [-0.1, -0.05) is 29.8 Å². The van der Waals surface area contributed by atoms with Gasteiger partial charge in [0.2, 0.25) is 0 Å². The van der Waals surface area contributed by atoms with Gasteiger partial charge in [-0.05, 0) is 24.3 Å². The number of ether oxygens (including phenoxy) is 2. The van der Waals surface area contributed by atoms with Crippen LogP contribution in [0.15, 0.2) is 48.5 Å². The first kappa shape index (κ1) is 13.5. The lowest BCUT2D eigenvalue weighted by Crippen LogP contribution is -2.00. The number of para-hydroxylation sites is 1. The summed E-state index contributed by atoms with van der Waals surface area (Å²) in [7, 11) is 1.34. The van der Waals surface area contributed by atoms with E-state index in [1.54, 1.807) is 18.2 Å². The molecule has 3 rings (SSSR count). The molecule has 0 aliphatic carbocycles. The van der Waals surface area contributed by atoms with Crippen molar-refractivity contribution in [2.75, 3.05) is 7.11 Å². The second-order valence-corrected chi connectivity index (χ2v) is 4.89. The molecule has 0 amide bonds. The fourth-order valence-corrected chi connectivity index (χ4v) is 2.30. The summed E-state index contributed by atoms with van der Waals surface area (Å²) in [5.41, 5.74) is 1.07. The van der Waals surface area contributed by atoms with E-state index in [0.717, 1.165) is 5.39 Å². The van der Waals surface area contributed by atoms with Crippen LogP contribution in [0.2, 0.25) is 5.02 Å². The van der Waals surface area contributed by atoms with E-state index in [0.29, 0.717) is 27.7 Å². The molecule has 2 aromatic carbocycles. The quantitative estimate of drug-likeness (QED) is 0.729. The van der Waals surface area contributed by atoms with Gasteiger partial charge in [-0.2, -0.15) is 0 Å². The van der Waals surface area contributed by atoms with Crippen molar-refractivity contribution >= 4 is 28.5 Å². The van der Waals surface area contributed by atoms with E-state index in [1.165, 1.54) is 7.11 Å². The summed E-state index contributed by atoms with van der Waals surface area (Å²) in [5, 5.41) is 1.29. The van der Waals surface area contributed by atoms with E-state index in [4.69, 9.17) is 21.1 Å². The van der Waals surface area contributed by atoms with Crippen molar-refractivity contribution in [3.8, 4) is 11.5 Å². The van der Waals surface area contributed by atoms with Crippen LogP contribution >= 0.6 is 11.6 Å². The van der Waals surface area contributed by atoms with E-state index in [9.17, 15) is 4.79 Å². The summed E-state index contributed by atoms with van der Waals surface area (Å²) in [6.45, 7) is 0. The van der Waals surface area contributed by atoms with Crippen LogP contribution in [0.5, 0.6) is 11.5 Å². The molecule has 21 heavy (non-hydrogen) atoms. The van der Waals surface area contributed by atoms with Crippen molar-refractivity contribution in [3.63, 3.8) is 0 Å². The zero-order chi connectivity index (χ0) is 14.8. The lowest BCUT2D eigenvalue weighted by atomic mass is 10.2. The average Bonchev–Trinajstić information content (AvgIpc) is 2.91. The number of benzene rings is 2. The number of nitrogens with one attached hydrogen (secondary N) is 1. The third-order valence-electron chi connectivity index (χ3n) is 3.04. The minimum absolute atomic E-state index is 0.354. The van der Waals surface area contributed by atoms with Crippen LogP contribution in [0, 0.1) is 0 Å². The molecule has 5 heteroatoms. The number of aromatic amines is 1. The number of carbonyl (C=O) groups excluding carboxylic acids is 1. The number of hydrogen-bond donors (Lipinski definition) is 1. The standard InChI is InChI=1S/C16H12ClNO3/c1-20-16(19)14-9-12-13(18-14)7-10(17)8-15(12)21-11-5-3-2-4-6-11/h2-9,18H,1H3. The van der Waals surface area contributed by atoms with Crippen molar-refractivity contribution in [1.29, 1.82) is 0 Å². The Balaban J connectivity index is 2.08. The summed E-state index contributed by atoms with van der Waals surface area (Å²) >= 11 is 6.10. The van der Waals surface area contributed by atoms with Crippen molar-refractivity contribution in [3.05, 3.63) is 59.2 Å². The molecule has 3 aromatic rings. The lowest BCUT2D eigenvalue weighted by Gasteiger charge is -2.07. The van der Waals surface area contributed by atoms with Crippen LogP contribution in [0.4, 0.5) is 0 Å². The number of halogens is 1. The number of aromatic nitrogens is 1. The van der Waals surface area contributed by atoms with Crippen molar-refractivity contribution in [2.45, 2.75) is 0 Å². The molecule has 0 bridgehead atoms. The molecule has 0 unspecified atom stereocenters. The fourth-order valence-electron chi connectivity index (χ4n) is 2.09. The van der Waals surface area contributed by atoms with E-state index in [1.807, 2.05) is 30.3 Å². The van der Waals surface area contributed by atoms with Gasteiger partial charge in [0, 0.05) is 16.5 Å². The van der Waals surface area contributed by atoms with Crippen molar-refractivity contribution < 1.29 is 14.3 Å². The molecule has 0 aliphatic heterocycles. The maximum absolute atomic E-state index is 11.6. The van der Waals surface area contributed by atoms with Crippen LogP contribution in [-0.4, -0.2) is 18.1 Å². The second kappa shape index (κ2) is 5.50. The molecule has 1 heterocycles. The molecule has 0 fully saturated rings. The highest BCUT2D eigenvalue weighted by Crippen LogP contribution is 2.33. The summed E-state index contributed by atoms with van der Waals surface area (Å²) < 4.78 is 10.6. The number of H-pyrrole nitrogens is 1. The number of hydrogen-bond acceptors (Lipinski definition) is 3. The molecule has 0 saturated heterocycles. The zero-order valence-corrected chi connectivity index (χ0v) is 12.0. The van der Waals surface area contributed by atoms with Crippen molar-refractivity contribution in [1.82, 2.24) is 4.98 Å². The van der Waals surface area contributed by atoms with Gasteiger partial charge >= 0.3 is 5.97 Å². The number of fused-ring (bicyclic) bond motifs is 1. The molecule has 0 radical (unpaired) electrons. The molecular weight excluding hydrogens is 290 g/mol. The highest BCUT2D eigenvalue weighted by atomic mass is 35.5. The molecule has 0 atom stereocenters. The summed E-state index contributed by atoms with van der Waals surface area (Å²) in [5.74, 6) is 0.838. The predicted molar refractivity (Wildman–Crippen MR) is 81.2 cm³/mol. The first-order valence-electron chi connectivity index (χ1n) is 6.31. The van der Waals surface area contributed by atoms with Crippen LogP contribution in [0.25, 0.3) is 10.9 Å². The van der Waals surface area contributed by atoms with E-state index < -0.39 is 5.97 Å². The molecule has 0 spiro atoms. The third kappa shape index (κ3) is 2.71. The van der Waals surface area contributed by atoms with Crippen LogP contribution in [0.1, 0.15) is 10.5 Å². The molecule has 4 nitrogen and oxygen atoms in total. The molecule has 0 aliphatic rings. The van der Waals surface area contributed by atoms with Gasteiger partial charge in [-0.15, -0.1) is 0 Å². The highest BCUT2D eigenvalue weighted by Gasteiger charge is 2.14. The fraction of sp³-hybridized carbons (Fsp3) is 0.0625. The highest BCUT2D eigenvalue weighted by molar-refractivity contribution is 6.31. The predicted octanol–water partition coefficient (Wildman–Crippen LogP) is 4.40. The van der Waals surface area contributed by atoms with Crippen LogP contribution < -0.4 is 4.74 Å². The number of esters is 1. The Hall–Kier alpha value is -2.46. The normalized spacial score (nSPS) is 10.6. The smallest absolute Gasteiger partial charge is 0.354 e. The van der Waals surface area contributed by atoms with E-state index in [2.05, 4.69) is 4.98 Å². The third-order valence-corrected chi connectivity index (χ3v) is 3.26. The van der Waals surface area contributed by atoms with Crippen molar-refractivity contribution in [2.24, 2.45) is 0 Å². The van der Waals surface area contributed by atoms with Gasteiger partial charge in [0.05, 0.1) is 12.6 Å². The molecule has 106 valence electrons. The number of rotatable bonds is 3. The van der Waals surface area contributed by atoms with Gasteiger partial charge in [0.15, 0.2) is 0 Å². The molecule has 1 aromatic heterocycles. The average molecular weight is 302 g/mol. The summed E-state index contributed by atoms with van der Waals surface area (Å²) in [6.07, 6.45) is 0. The first-order chi connectivity index (χ1) is 10.2. The Morgan fingerprint density at radius 2 is 1.90 bits per heavy atom. The first-order valence-corrected chi connectivity index (χ1v) is 6.68. The molecule has 1 N–H and O–H groups in total. The Bertz CT molecular complexity index is 796. The van der Waals surface area contributed by atoms with E-state index in [-0.39, 0.29) is 0 Å². The zero-order valence-electron chi connectivity index (χ0n) is 11.2. The van der Waals surface area contributed by atoms with Gasteiger partial charge in [0.1, 0.15) is 17.2 Å². The second-order valence-electron chi connectivity index (χ2n) is 4.45. The Morgan fingerprint density at radius 1 is 1.14 bits per heavy atom. The molecular formula is C16H12ClNO3. The van der Waals surface area contributed by atoms with Gasteiger partial charge < -0.3 is 14.5 Å². The topological polar surface area (TPSA) is 51.3 Å². The number of methoxy groups -OCH3 is 1. The molecule has 0 saturated carbocycles. The van der Waals surface area contributed by atoms with Gasteiger partial charge in [-0.3, -0.25) is 0 Å². The monoisotopic (exact) mass is 301 g/mol. The largest absolute Gasteiger partial charge is 0.464 e. The SMILES string of the molecule is COC(=O)c1cc2c(Oc3ccccc3)cc(Cl)cc2[nH]1. The number of carbonyl (C=O) groups is 1. The minimum atomic E-state index is -0.437. The Morgan fingerprint density at radius 3 is 2.62 bits per heavy atom. The summed E-state index contributed by atoms with van der Waals surface area (Å²) in [4.78, 5) is 14.6. The van der Waals surface area contributed by atoms with Gasteiger partial charge in [0.25, 0.3) is 0 Å². The van der Waals surface area contributed by atoms with Crippen LogP contribution in [-0.2, 0) is 4.74 Å². The maximum atomic E-state index is 11.6. The summed E-state index contributed by atoms with van der Waals surface area (Å²) in [6, 6.07) is 14.5. The minimum Gasteiger partial charge on any atom is -0.464 e. The van der Waals surface area contributed by atoms with E-state index >= 15 is 0 Å². The Labute approximate surface area is 126 Å². The maximum Gasteiger partial charge on any atom is 0.354 e. The lowest BCUT2D eigenvalue weighted by molar-refractivity contribution is 0.0595.